The number of methoxy groups -OCH3 is 2. The third-order valence-electron chi connectivity index (χ3n) is 12.8. The summed E-state index contributed by atoms with van der Waals surface area (Å²) < 4.78 is 11.3. The molecule has 0 fully saturated rings. The van der Waals surface area contributed by atoms with Gasteiger partial charge in [0.25, 0.3) is 23.6 Å². The Labute approximate surface area is 482 Å². The summed E-state index contributed by atoms with van der Waals surface area (Å²) in [6.07, 6.45) is 2.10. The highest BCUT2D eigenvalue weighted by Crippen LogP contribution is 2.41. The maximum absolute atomic E-state index is 12.7. The standard InChI is InChI=1S/C27H27N5O3.C20H18N4O2.C20H17NO/c1-16-7-9-18(10-8-16)26(33)31-21-6-4-5-19(14-21)22-12-17(13-23(34-2)24(22)35-3)11-20-15-30-27(29)32-25(20)28;1-13-5-3-7-17(21-13)23-19(25)15-9-11-16(12-10-15)20(26)24-18-8-4-6-14(2)22-18;1-15-10-12-17(13-11-15)20(22)21-19-9-5-8-18(14-19)16-6-3-2-4-7-16/h4-10,12-15H,11H2,1-3H3,(H,31,33)(H4,28,29,30,32);3-12H,1-2H3,(H,21,23,25)(H,22,24,26);2-14H,1H3,(H,21,22). The molecule has 0 spiro atoms. The van der Waals surface area contributed by atoms with Crippen molar-refractivity contribution in [3.63, 3.8) is 0 Å². The molecule has 0 atom stereocenters. The molecule has 0 aliphatic heterocycles. The van der Waals surface area contributed by atoms with E-state index in [2.05, 4.69) is 53.3 Å². The number of nitrogens with one attached hydrogen (secondary N) is 4. The van der Waals surface area contributed by atoms with Crippen LogP contribution in [-0.2, 0) is 6.42 Å². The van der Waals surface area contributed by atoms with Crippen molar-refractivity contribution < 1.29 is 28.7 Å². The van der Waals surface area contributed by atoms with Crippen LogP contribution in [0.4, 0.5) is 34.8 Å². The van der Waals surface area contributed by atoms with E-state index in [1.54, 1.807) is 68.9 Å². The number of carbonyl (C=O) groups excluding carboxylic acids is 4. The van der Waals surface area contributed by atoms with Crippen molar-refractivity contribution in [2.24, 2.45) is 0 Å². The van der Waals surface area contributed by atoms with Crippen molar-refractivity contribution in [2.75, 3.05) is 47.0 Å². The molecule has 10 aromatic rings. The average Bonchev–Trinajstić information content (AvgIpc) is 3.64. The molecule has 0 radical (unpaired) electrons. The van der Waals surface area contributed by atoms with Crippen LogP contribution < -0.4 is 42.2 Å². The van der Waals surface area contributed by atoms with Gasteiger partial charge in [-0.2, -0.15) is 4.98 Å². The summed E-state index contributed by atoms with van der Waals surface area (Å²) >= 11 is 0. The van der Waals surface area contributed by atoms with E-state index >= 15 is 0 Å². The molecule has 7 aromatic carbocycles. The monoisotopic (exact) mass is 1100 g/mol. The second-order valence-electron chi connectivity index (χ2n) is 19.2. The van der Waals surface area contributed by atoms with Gasteiger partial charge in [-0.05, 0) is 159 Å². The van der Waals surface area contributed by atoms with Crippen LogP contribution in [0.25, 0.3) is 22.3 Å². The van der Waals surface area contributed by atoms with Gasteiger partial charge in [0.15, 0.2) is 11.5 Å². The van der Waals surface area contributed by atoms with Gasteiger partial charge in [0.1, 0.15) is 17.5 Å². The molecule has 0 unspecified atom stereocenters. The minimum atomic E-state index is -0.282. The molecule has 16 nitrogen and oxygen atoms in total. The van der Waals surface area contributed by atoms with Crippen LogP contribution in [0.15, 0.2) is 206 Å². The highest BCUT2D eigenvalue weighted by atomic mass is 16.5. The van der Waals surface area contributed by atoms with Crippen molar-refractivity contribution in [3.8, 4) is 33.8 Å². The number of amides is 4. The Kier molecular flexibility index (Phi) is 19.4. The average molecular weight is 1100 g/mol. The SMILES string of the molecule is COc1cc(Cc2cnc(N)nc2N)cc(-c2cccc(NC(=O)c3ccc(C)cc3)c2)c1OC.Cc1ccc(C(=O)Nc2cccc(-c3ccccc3)c2)cc1.Cc1cccc(NC(=O)c2ccc(C(=O)Nc3cccc(C)n3)cc2)n1. The number of nitrogens with zero attached hydrogens (tertiary/aromatic N) is 4. The minimum absolute atomic E-state index is 0.0924. The van der Waals surface area contributed by atoms with E-state index in [1.165, 1.54) is 0 Å². The summed E-state index contributed by atoms with van der Waals surface area (Å²) in [7, 11) is 3.18. The summed E-state index contributed by atoms with van der Waals surface area (Å²) in [5.41, 5.74) is 24.7. The summed E-state index contributed by atoms with van der Waals surface area (Å²) in [5, 5.41) is 11.4. The number of nitrogen functional groups attached to an aromatic ring is 2. The van der Waals surface area contributed by atoms with Crippen LogP contribution in [0.5, 0.6) is 11.5 Å². The Balaban J connectivity index is 0.000000168. The fourth-order valence-corrected chi connectivity index (χ4v) is 8.49. The number of benzene rings is 7. The number of rotatable bonds is 14. The minimum Gasteiger partial charge on any atom is -0.493 e. The van der Waals surface area contributed by atoms with Crippen LogP contribution in [-0.4, -0.2) is 57.8 Å². The molecule has 3 aromatic heterocycles. The van der Waals surface area contributed by atoms with Crippen molar-refractivity contribution in [1.29, 1.82) is 0 Å². The molecule has 0 saturated heterocycles. The van der Waals surface area contributed by atoms with Gasteiger partial charge in [-0.3, -0.25) is 19.2 Å². The van der Waals surface area contributed by atoms with Gasteiger partial charge in [0.05, 0.1) is 14.2 Å². The molecule has 416 valence electrons. The number of hydrogen-bond donors (Lipinski definition) is 6. The Morgan fingerprint density at radius 1 is 0.446 bits per heavy atom. The quantitative estimate of drug-likeness (QED) is 0.0596. The zero-order chi connectivity index (χ0) is 58.8. The molecular formula is C67H62N10O6. The third kappa shape index (κ3) is 16.3. The molecule has 0 aliphatic carbocycles. The molecular weight excluding hydrogens is 1040 g/mol. The first kappa shape index (κ1) is 58.2. The summed E-state index contributed by atoms with van der Waals surface area (Å²) in [6, 6.07) is 61.6. The lowest BCUT2D eigenvalue weighted by Gasteiger charge is -2.16. The molecule has 8 N–H and O–H groups in total. The summed E-state index contributed by atoms with van der Waals surface area (Å²) in [4.78, 5) is 66.1. The maximum atomic E-state index is 12.7. The lowest BCUT2D eigenvalue weighted by atomic mass is 9.97. The molecule has 10 rings (SSSR count). The Morgan fingerprint density at radius 3 is 1.36 bits per heavy atom. The predicted octanol–water partition coefficient (Wildman–Crippen LogP) is 13.0. The van der Waals surface area contributed by atoms with Gasteiger partial charge < -0.3 is 42.2 Å². The molecule has 83 heavy (non-hydrogen) atoms. The predicted molar refractivity (Wildman–Crippen MR) is 329 cm³/mol. The van der Waals surface area contributed by atoms with E-state index in [-0.39, 0.29) is 29.6 Å². The first-order chi connectivity index (χ1) is 40.1. The van der Waals surface area contributed by atoms with Gasteiger partial charge in [0.2, 0.25) is 5.95 Å². The van der Waals surface area contributed by atoms with Gasteiger partial charge >= 0.3 is 0 Å². The largest absolute Gasteiger partial charge is 0.493 e. The zero-order valence-corrected chi connectivity index (χ0v) is 46.7. The molecule has 0 aliphatic rings. The third-order valence-corrected chi connectivity index (χ3v) is 12.8. The Hall–Kier alpha value is -11.0. The molecule has 3 heterocycles. The van der Waals surface area contributed by atoms with E-state index in [0.29, 0.717) is 63.3 Å². The van der Waals surface area contributed by atoms with Gasteiger partial charge in [-0.1, -0.05) is 102 Å². The number of ether oxygens (including phenoxy) is 2. The molecule has 16 heteroatoms. The second kappa shape index (κ2) is 27.7. The van der Waals surface area contributed by atoms with Crippen LogP contribution in [0.1, 0.15) is 75.1 Å². The fourth-order valence-electron chi connectivity index (χ4n) is 8.49. The van der Waals surface area contributed by atoms with Crippen LogP contribution >= 0.6 is 0 Å². The van der Waals surface area contributed by atoms with Crippen molar-refractivity contribution >= 4 is 58.4 Å². The van der Waals surface area contributed by atoms with Crippen molar-refractivity contribution in [2.45, 2.75) is 34.1 Å². The topological polar surface area (TPSA) is 238 Å². The zero-order valence-electron chi connectivity index (χ0n) is 46.7. The van der Waals surface area contributed by atoms with Gasteiger partial charge in [-0.25, -0.2) is 15.0 Å². The maximum Gasteiger partial charge on any atom is 0.256 e. The van der Waals surface area contributed by atoms with Crippen LogP contribution in [0.3, 0.4) is 0 Å². The molecule has 4 amide bonds. The lowest BCUT2D eigenvalue weighted by molar-refractivity contribution is 0.101. The number of hydrogen-bond acceptors (Lipinski definition) is 12. The van der Waals surface area contributed by atoms with Crippen molar-refractivity contribution in [1.82, 2.24) is 19.9 Å². The van der Waals surface area contributed by atoms with Crippen LogP contribution in [0.2, 0.25) is 0 Å². The number of nitrogens with two attached hydrogens (primary N) is 2. The summed E-state index contributed by atoms with van der Waals surface area (Å²) in [6.45, 7) is 7.69. The molecule has 0 bridgehead atoms. The smallest absolute Gasteiger partial charge is 0.256 e. The van der Waals surface area contributed by atoms with E-state index in [9.17, 15) is 19.2 Å². The van der Waals surface area contributed by atoms with E-state index < -0.39 is 0 Å². The van der Waals surface area contributed by atoms with Gasteiger partial charge in [0, 0.05) is 68.8 Å². The second-order valence-corrected chi connectivity index (χ2v) is 19.2. The van der Waals surface area contributed by atoms with E-state index in [4.69, 9.17) is 20.9 Å². The number of aryl methyl sites for hydroxylation is 4. The normalized spacial score (nSPS) is 10.4. The highest BCUT2D eigenvalue weighted by molar-refractivity contribution is 6.07. The van der Waals surface area contributed by atoms with Gasteiger partial charge in [-0.15, -0.1) is 0 Å². The lowest BCUT2D eigenvalue weighted by Crippen LogP contribution is -2.15. The number of pyridine rings is 2. The first-order valence-corrected chi connectivity index (χ1v) is 26.3. The van der Waals surface area contributed by atoms with E-state index in [0.717, 1.165) is 61.6 Å². The Morgan fingerprint density at radius 2 is 0.892 bits per heavy atom. The van der Waals surface area contributed by atoms with E-state index in [1.807, 2.05) is 167 Å². The highest BCUT2D eigenvalue weighted by Gasteiger charge is 2.18. The fraction of sp³-hybridized carbons (Fsp3) is 0.104. The first-order valence-electron chi connectivity index (χ1n) is 26.3. The summed E-state index contributed by atoms with van der Waals surface area (Å²) in [5.74, 6) is 1.75. The number of carbonyl (C=O) groups is 4. The Bertz CT molecular complexity index is 3820. The van der Waals surface area contributed by atoms with Crippen molar-refractivity contribution in [3.05, 3.63) is 262 Å². The molecule has 0 saturated carbocycles. The number of aromatic nitrogens is 4. The van der Waals surface area contributed by atoms with Crippen LogP contribution in [0, 0.1) is 27.7 Å². The number of anilines is 6.